The zero-order valence-electron chi connectivity index (χ0n) is 23.6. The van der Waals surface area contributed by atoms with E-state index >= 15 is 0 Å². The molecule has 0 radical (unpaired) electrons. The Morgan fingerprint density at radius 3 is 2.17 bits per heavy atom. The quantitative estimate of drug-likeness (QED) is 0.247. The maximum absolute atomic E-state index is 9.54. The van der Waals surface area contributed by atoms with Crippen LogP contribution in [0.4, 0.5) is 0 Å². The van der Waals surface area contributed by atoms with E-state index in [2.05, 4.69) is 105 Å². The van der Waals surface area contributed by atoms with Gasteiger partial charge in [0.2, 0.25) is 0 Å². The molecule has 0 unspecified atom stereocenters. The van der Waals surface area contributed by atoms with E-state index in [1.54, 1.807) is 0 Å². The van der Waals surface area contributed by atoms with Crippen LogP contribution in [0.3, 0.4) is 0 Å². The number of rotatable bonds is 9. The van der Waals surface area contributed by atoms with Gasteiger partial charge in [-0.1, -0.05) is 104 Å². The number of likely N-dealkylation sites (N-methyl/N-ethyl adjacent to an activating group) is 1. The summed E-state index contributed by atoms with van der Waals surface area (Å²) in [4.78, 5) is 2.36. The Bertz CT molecular complexity index is 1360. The summed E-state index contributed by atoms with van der Waals surface area (Å²) in [5.74, 6) is 0.125. The van der Waals surface area contributed by atoms with Gasteiger partial charge in [-0.2, -0.15) is 0 Å². The molecule has 0 spiro atoms. The van der Waals surface area contributed by atoms with E-state index in [0.717, 1.165) is 39.9 Å². The lowest BCUT2D eigenvalue weighted by Crippen LogP contribution is -2.44. The number of aliphatic hydroxyl groups is 1. The van der Waals surface area contributed by atoms with Gasteiger partial charge < -0.3 is 20.3 Å². The monoisotopic (exact) mass is 536 g/mol. The summed E-state index contributed by atoms with van der Waals surface area (Å²) in [7, 11) is 2.16. The number of hydrogen-bond donors (Lipinski definition) is 2. The van der Waals surface area contributed by atoms with Gasteiger partial charge in [-0.25, -0.2) is 0 Å². The van der Waals surface area contributed by atoms with E-state index in [9.17, 15) is 5.11 Å². The third-order valence-electron chi connectivity index (χ3n) is 8.21. The van der Waals surface area contributed by atoms with Crippen molar-refractivity contribution < 1.29 is 14.6 Å². The zero-order chi connectivity index (χ0) is 28.1. The third kappa shape index (κ3) is 6.35. The third-order valence-corrected chi connectivity index (χ3v) is 8.21. The van der Waals surface area contributed by atoms with E-state index in [4.69, 9.17) is 15.2 Å². The normalized spacial score (nSPS) is 21.9. The molecule has 5 nitrogen and oxygen atoms in total. The summed E-state index contributed by atoms with van der Waals surface area (Å²) in [6.45, 7) is 5.76. The maximum Gasteiger partial charge on any atom is 0.184 e. The Hall–Kier alpha value is -3.32. The Kier molecular flexibility index (Phi) is 9.10. The van der Waals surface area contributed by atoms with Crippen molar-refractivity contribution >= 4 is 0 Å². The van der Waals surface area contributed by atoms with E-state index in [1.165, 1.54) is 5.56 Å². The minimum absolute atomic E-state index is 0.0262. The summed E-state index contributed by atoms with van der Waals surface area (Å²) in [6.07, 6.45) is -0.676. The second-order valence-corrected chi connectivity index (χ2v) is 10.9. The van der Waals surface area contributed by atoms with E-state index in [-0.39, 0.29) is 30.8 Å². The summed E-state index contributed by atoms with van der Waals surface area (Å²) in [5, 5.41) is 9.54. The lowest BCUT2D eigenvalue weighted by atomic mass is 9.89. The summed E-state index contributed by atoms with van der Waals surface area (Å²) >= 11 is 0. The first kappa shape index (κ1) is 28.2. The highest BCUT2D eigenvalue weighted by Crippen LogP contribution is 2.42. The molecule has 208 valence electrons. The van der Waals surface area contributed by atoms with Crippen LogP contribution in [0, 0.1) is 5.92 Å². The van der Waals surface area contributed by atoms with Gasteiger partial charge in [-0.15, -0.1) is 0 Å². The minimum atomic E-state index is -0.492. The predicted octanol–water partition coefficient (Wildman–Crippen LogP) is 6.79. The topological polar surface area (TPSA) is 68.0 Å². The van der Waals surface area contributed by atoms with Crippen LogP contribution in [0.15, 0.2) is 103 Å². The van der Waals surface area contributed by atoms with Crippen LogP contribution in [-0.4, -0.2) is 29.7 Å². The number of nitrogens with two attached hydrogens (primary N) is 1. The molecule has 0 aliphatic carbocycles. The highest BCUT2D eigenvalue weighted by molar-refractivity contribution is 5.64. The Morgan fingerprint density at radius 1 is 0.800 bits per heavy atom. The van der Waals surface area contributed by atoms with Crippen molar-refractivity contribution in [2.75, 3.05) is 13.6 Å². The van der Waals surface area contributed by atoms with Crippen LogP contribution >= 0.6 is 0 Å². The highest BCUT2D eigenvalue weighted by atomic mass is 16.7. The van der Waals surface area contributed by atoms with E-state index < -0.39 is 6.29 Å². The maximum atomic E-state index is 9.54. The molecule has 4 aromatic rings. The first-order chi connectivity index (χ1) is 19.5. The number of aliphatic hydroxyl groups excluding tert-OH is 1. The molecule has 3 N–H and O–H groups in total. The zero-order valence-corrected chi connectivity index (χ0v) is 23.6. The van der Waals surface area contributed by atoms with Gasteiger partial charge in [-0.05, 0) is 53.4 Å². The van der Waals surface area contributed by atoms with Gasteiger partial charge in [0, 0.05) is 30.6 Å². The molecule has 40 heavy (non-hydrogen) atoms. The number of hydrogen-bond acceptors (Lipinski definition) is 5. The van der Waals surface area contributed by atoms with E-state index in [0.29, 0.717) is 6.54 Å². The lowest BCUT2D eigenvalue weighted by molar-refractivity contribution is -0.276. The molecule has 1 aliphatic heterocycles. The molecule has 1 fully saturated rings. The fourth-order valence-electron chi connectivity index (χ4n) is 5.47. The molecule has 1 saturated heterocycles. The first-order valence-corrected chi connectivity index (χ1v) is 14.1. The Morgan fingerprint density at radius 2 is 1.50 bits per heavy atom. The number of nitrogens with zero attached hydrogens (tertiary/aromatic N) is 1. The van der Waals surface area contributed by atoms with Crippen molar-refractivity contribution in [1.82, 2.24) is 4.90 Å². The average molecular weight is 537 g/mol. The molecule has 5 heteroatoms. The van der Waals surface area contributed by atoms with Crippen molar-refractivity contribution in [3.8, 4) is 11.1 Å². The molecule has 0 bridgehead atoms. The summed E-state index contributed by atoms with van der Waals surface area (Å²) in [6, 6.07) is 35.7. The van der Waals surface area contributed by atoms with Crippen molar-refractivity contribution in [1.29, 1.82) is 0 Å². The molecule has 1 aliphatic rings. The van der Waals surface area contributed by atoms with Crippen molar-refractivity contribution in [2.45, 2.75) is 51.5 Å². The highest BCUT2D eigenvalue weighted by Gasteiger charge is 2.39. The molecular weight excluding hydrogens is 496 g/mol. The van der Waals surface area contributed by atoms with E-state index in [1.807, 2.05) is 24.3 Å². The van der Waals surface area contributed by atoms with Gasteiger partial charge in [0.25, 0.3) is 0 Å². The fraction of sp³-hybridized carbons (Fsp3) is 0.314. The van der Waals surface area contributed by atoms with Crippen molar-refractivity contribution in [3.05, 3.63) is 131 Å². The largest absolute Gasteiger partial charge is 0.392 e. The van der Waals surface area contributed by atoms with Gasteiger partial charge in [0.1, 0.15) is 0 Å². The molecule has 0 amide bonds. The van der Waals surface area contributed by atoms with Crippen LogP contribution in [-0.2, 0) is 22.6 Å². The van der Waals surface area contributed by atoms with Gasteiger partial charge in [0.05, 0.1) is 18.8 Å². The SMILES string of the molecule is C[C@H]1[C@@H](CN(C)[C@@H](C)c2ccccc2)O[C@@H](c2ccc(-c3cccc(CN)c3)cc2)O[C@H]1c1ccc(CO)cc1. The fourth-order valence-corrected chi connectivity index (χ4v) is 5.47. The average Bonchev–Trinajstić information content (AvgIpc) is 3.02. The van der Waals surface area contributed by atoms with Crippen LogP contribution in [0.1, 0.15) is 60.1 Å². The molecule has 1 heterocycles. The molecule has 0 saturated carbocycles. The van der Waals surface area contributed by atoms with Crippen molar-refractivity contribution in [2.24, 2.45) is 11.7 Å². The van der Waals surface area contributed by atoms with Gasteiger partial charge in [-0.3, -0.25) is 4.90 Å². The van der Waals surface area contributed by atoms with Gasteiger partial charge >= 0.3 is 0 Å². The molecular formula is C35H40N2O3. The standard InChI is InChI=1S/C35H40N2O3/c1-24-33(22-37(3)25(2)28-9-5-4-6-10-28)39-35(40-34(24)30-14-12-26(23-38)13-15-30)31-18-16-29(17-19-31)32-11-7-8-27(20-32)21-36/h4-20,24-25,33-35,38H,21-23,36H2,1-3H3/t24-,25-,33+,34+,35+/m0/s1. The van der Waals surface area contributed by atoms with Crippen LogP contribution in [0.5, 0.6) is 0 Å². The van der Waals surface area contributed by atoms with Crippen LogP contribution in [0.2, 0.25) is 0 Å². The lowest BCUT2D eigenvalue weighted by Gasteiger charge is -2.43. The molecule has 0 aromatic heterocycles. The number of benzene rings is 4. The summed E-state index contributed by atoms with van der Waals surface area (Å²) < 4.78 is 13.4. The Labute approximate surface area is 238 Å². The van der Waals surface area contributed by atoms with Gasteiger partial charge in [0.15, 0.2) is 6.29 Å². The second kappa shape index (κ2) is 12.9. The summed E-state index contributed by atoms with van der Waals surface area (Å²) in [5.41, 5.74) is 13.5. The Balaban J connectivity index is 1.40. The number of ether oxygens (including phenoxy) is 2. The predicted molar refractivity (Wildman–Crippen MR) is 160 cm³/mol. The molecule has 5 rings (SSSR count). The second-order valence-electron chi connectivity index (χ2n) is 10.9. The molecule has 4 aromatic carbocycles. The minimum Gasteiger partial charge on any atom is -0.392 e. The van der Waals surface area contributed by atoms with Crippen molar-refractivity contribution in [3.63, 3.8) is 0 Å². The smallest absolute Gasteiger partial charge is 0.184 e. The van der Waals surface area contributed by atoms with Crippen LogP contribution in [0.25, 0.3) is 11.1 Å². The molecule has 5 atom stereocenters. The first-order valence-electron chi connectivity index (χ1n) is 14.1. The van der Waals surface area contributed by atoms with Crippen LogP contribution < -0.4 is 5.73 Å².